The average Bonchev–Trinajstić information content (AvgIpc) is 2.82. The topological polar surface area (TPSA) is 82.7 Å². The van der Waals surface area contributed by atoms with Crippen LogP contribution in [0.4, 0.5) is 5.69 Å². The SMILES string of the molecule is CCc1ccccc1NC(=O)CNC(=O)CNC(CN1CCOCC1)c1ccccc1. The molecule has 1 unspecified atom stereocenters. The molecule has 1 aliphatic heterocycles. The van der Waals surface area contributed by atoms with E-state index in [0.29, 0.717) is 0 Å². The highest BCUT2D eigenvalue weighted by atomic mass is 16.5. The molecule has 1 aliphatic rings. The van der Waals surface area contributed by atoms with Crippen molar-refractivity contribution in [1.82, 2.24) is 15.5 Å². The number of carbonyl (C=O) groups is 2. The zero-order valence-electron chi connectivity index (χ0n) is 18.1. The van der Waals surface area contributed by atoms with Crippen LogP contribution >= 0.6 is 0 Å². The van der Waals surface area contributed by atoms with E-state index < -0.39 is 0 Å². The van der Waals surface area contributed by atoms with E-state index in [1.165, 1.54) is 0 Å². The van der Waals surface area contributed by atoms with Crippen LogP contribution in [0.25, 0.3) is 0 Å². The first-order chi connectivity index (χ1) is 15.2. The van der Waals surface area contributed by atoms with Crippen molar-refractivity contribution in [3.63, 3.8) is 0 Å². The summed E-state index contributed by atoms with van der Waals surface area (Å²) in [5, 5.41) is 8.92. The van der Waals surface area contributed by atoms with Gasteiger partial charge in [-0.1, -0.05) is 55.5 Å². The van der Waals surface area contributed by atoms with Gasteiger partial charge in [-0.3, -0.25) is 14.5 Å². The molecule has 3 rings (SSSR count). The number of para-hydroxylation sites is 1. The van der Waals surface area contributed by atoms with Crippen LogP contribution in [0.1, 0.15) is 24.1 Å². The molecule has 0 spiro atoms. The lowest BCUT2D eigenvalue weighted by molar-refractivity contribution is -0.123. The minimum Gasteiger partial charge on any atom is -0.379 e. The van der Waals surface area contributed by atoms with Crippen molar-refractivity contribution in [2.45, 2.75) is 19.4 Å². The van der Waals surface area contributed by atoms with Gasteiger partial charge in [-0.15, -0.1) is 0 Å². The monoisotopic (exact) mass is 424 g/mol. The molecule has 31 heavy (non-hydrogen) atoms. The molecule has 2 amide bonds. The predicted octanol–water partition coefficient (Wildman–Crippen LogP) is 1.97. The van der Waals surface area contributed by atoms with Crippen molar-refractivity contribution in [3.8, 4) is 0 Å². The quantitative estimate of drug-likeness (QED) is 0.543. The summed E-state index contributed by atoms with van der Waals surface area (Å²) in [7, 11) is 0. The van der Waals surface area contributed by atoms with Crippen molar-refractivity contribution >= 4 is 17.5 Å². The van der Waals surface area contributed by atoms with Crippen molar-refractivity contribution in [2.24, 2.45) is 0 Å². The maximum absolute atomic E-state index is 12.4. The lowest BCUT2D eigenvalue weighted by Crippen LogP contribution is -2.44. The van der Waals surface area contributed by atoms with Gasteiger partial charge >= 0.3 is 0 Å². The van der Waals surface area contributed by atoms with Gasteiger partial charge in [0.05, 0.1) is 26.3 Å². The van der Waals surface area contributed by atoms with Gasteiger partial charge in [-0.2, -0.15) is 0 Å². The molecular weight excluding hydrogens is 392 g/mol. The van der Waals surface area contributed by atoms with Crippen LogP contribution in [0.3, 0.4) is 0 Å². The number of rotatable bonds is 10. The Morgan fingerprint density at radius 2 is 1.68 bits per heavy atom. The first-order valence-electron chi connectivity index (χ1n) is 10.9. The number of aryl methyl sites for hydroxylation is 1. The summed E-state index contributed by atoms with van der Waals surface area (Å²) in [6, 6.07) is 17.8. The largest absolute Gasteiger partial charge is 0.379 e. The standard InChI is InChI=1S/C24H32N4O3/c1-2-19-8-6-7-11-21(19)27-24(30)17-26-23(29)16-25-22(20-9-4-3-5-10-20)18-28-12-14-31-15-13-28/h3-11,22,25H,2,12-18H2,1H3,(H,26,29)(H,27,30). The number of ether oxygens (including phenoxy) is 1. The molecule has 0 saturated carbocycles. The van der Waals surface area contributed by atoms with Gasteiger partial charge in [-0.25, -0.2) is 0 Å². The first kappa shape index (κ1) is 22.9. The van der Waals surface area contributed by atoms with Crippen LogP contribution in [0.15, 0.2) is 54.6 Å². The number of anilines is 1. The Labute approximate surface area is 184 Å². The van der Waals surface area contributed by atoms with Gasteiger partial charge in [0.15, 0.2) is 0 Å². The third-order valence-corrected chi connectivity index (χ3v) is 5.37. The van der Waals surface area contributed by atoms with E-state index in [4.69, 9.17) is 4.74 Å². The highest BCUT2D eigenvalue weighted by Gasteiger charge is 2.19. The van der Waals surface area contributed by atoms with E-state index in [0.717, 1.165) is 56.1 Å². The maximum atomic E-state index is 12.4. The van der Waals surface area contributed by atoms with Crippen LogP contribution in [0.2, 0.25) is 0 Å². The van der Waals surface area contributed by atoms with E-state index in [2.05, 4.69) is 33.0 Å². The third kappa shape index (κ3) is 7.47. The number of hydrogen-bond acceptors (Lipinski definition) is 5. The number of nitrogens with one attached hydrogen (secondary N) is 3. The summed E-state index contributed by atoms with van der Waals surface area (Å²) in [5.41, 5.74) is 2.99. The molecule has 1 fully saturated rings. The molecule has 1 atom stereocenters. The fourth-order valence-electron chi connectivity index (χ4n) is 3.62. The molecule has 0 radical (unpaired) electrons. The number of morpholine rings is 1. The smallest absolute Gasteiger partial charge is 0.243 e. The molecule has 1 heterocycles. The van der Waals surface area contributed by atoms with Crippen molar-refractivity contribution in [1.29, 1.82) is 0 Å². The fourth-order valence-corrected chi connectivity index (χ4v) is 3.62. The van der Waals surface area contributed by atoms with E-state index in [1.54, 1.807) is 0 Å². The maximum Gasteiger partial charge on any atom is 0.243 e. The Morgan fingerprint density at radius 1 is 0.968 bits per heavy atom. The summed E-state index contributed by atoms with van der Waals surface area (Å²) in [6.45, 7) is 6.16. The number of carbonyl (C=O) groups excluding carboxylic acids is 2. The second-order valence-corrected chi connectivity index (χ2v) is 7.59. The zero-order valence-corrected chi connectivity index (χ0v) is 18.1. The van der Waals surface area contributed by atoms with Crippen molar-refractivity contribution < 1.29 is 14.3 Å². The second-order valence-electron chi connectivity index (χ2n) is 7.59. The summed E-state index contributed by atoms with van der Waals surface area (Å²) < 4.78 is 5.43. The lowest BCUT2D eigenvalue weighted by Gasteiger charge is -2.31. The first-order valence-corrected chi connectivity index (χ1v) is 10.9. The van der Waals surface area contributed by atoms with Crippen LogP contribution in [0, 0.1) is 0 Å². The number of hydrogen-bond donors (Lipinski definition) is 3. The molecule has 166 valence electrons. The molecule has 0 bridgehead atoms. The molecule has 2 aromatic carbocycles. The van der Waals surface area contributed by atoms with Gasteiger partial charge in [0.2, 0.25) is 11.8 Å². The minimum absolute atomic E-state index is 0.0234. The Bertz CT molecular complexity index is 838. The lowest BCUT2D eigenvalue weighted by atomic mass is 10.1. The highest BCUT2D eigenvalue weighted by molar-refractivity contribution is 5.95. The second kappa shape index (κ2) is 12.2. The summed E-state index contributed by atoms with van der Waals surface area (Å²) in [4.78, 5) is 26.9. The van der Waals surface area contributed by atoms with Crippen molar-refractivity contribution in [3.05, 3.63) is 65.7 Å². The van der Waals surface area contributed by atoms with E-state index in [1.807, 2.05) is 49.4 Å². The molecule has 7 heteroatoms. The van der Waals surface area contributed by atoms with E-state index >= 15 is 0 Å². The van der Waals surface area contributed by atoms with E-state index in [-0.39, 0.29) is 30.9 Å². The Balaban J connectivity index is 1.48. The molecule has 0 aromatic heterocycles. The Hall–Kier alpha value is -2.74. The van der Waals surface area contributed by atoms with Crippen LogP contribution in [-0.4, -0.2) is 62.7 Å². The molecule has 1 saturated heterocycles. The molecule has 7 nitrogen and oxygen atoms in total. The van der Waals surface area contributed by atoms with Gasteiger partial charge in [0.1, 0.15) is 0 Å². The minimum atomic E-state index is -0.234. The summed E-state index contributed by atoms with van der Waals surface area (Å²) >= 11 is 0. The third-order valence-electron chi connectivity index (χ3n) is 5.37. The van der Waals surface area contributed by atoms with Gasteiger partial charge in [0, 0.05) is 31.4 Å². The number of amides is 2. The fraction of sp³-hybridized carbons (Fsp3) is 0.417. The Kier molecular flexibility index (Phi) is 9.02. The van der Waals surface area contributed by atoms with Crippen molar-refractivity contribution in [2.75, 3.05) is 51.3 Å². The molecule has 0 aliphatic carbocycles. The van der Waals surface area contributed by atoms with Gasteiger partial charge < -0.3 is 20.7 Å². The van der Waals surface area contributed by atoms with E-state index in [9.17, 15) is 9.59 Å². The average molecular weight is 425 g/mol. The van der Waals surface area contributed by atoms with Crippen LogP contribution < -0.4 is 16.0 Å². The zero-order chi connectivity index (χ0) is 21.9. The molecule has 2 aromatic rings. The predicted molar refractivity (Wildman–Crippen MR) is 122 cm³/mol. The number of benzene rings is 2. The van der Waals surface area contributed by atoms with Gasteiger partial charge in [0.25, 0.3) is 0 Å². The number of nitrogens with zero attached hydrogens (tertiary/aromatic N) is 1. The van der Waals surface area contributed by atoms with Crippen LogP contribution in [0.5, 0.6) is 0 Å². The summed E-state index contributed by atoms with van der Waals surface area (Å²) in [5.74, 6) is -0.441. The van der Waals surface area contributed by atoms with Crippen LogP contribution in [-0.2, 0) is 20.7 Å². The highest BCUT2D eigenvalue weighted by Crippen LogP contribution is 2.16. The summed E-state index contributed by atoms with van der Waals surface area (Å²) in [6.07, 6.45) is 0.830. The molecule has 3 N–H and O–H groups in total. The Morgan fingerprint density at radius 3 is 2.42 bits per heavy atom. The normalized spacial score (nSPS) is 15.3. The molecular formula is C24H32N4O3. The van der Waals surface area contributed by atoms with Gasteiger partial charge in [-0.05, 0) is 23.6 Å².